The lowest BCUT2D eigenvalue weighted by molar-refractivity contribution is -0.115. The Morgan fingerprint density at radius 2 is 1.81 bits per heavy atom. The number of hydrogen-bond acceptors (Lipinski definition) is 7. The largest absolute Gasteiger partial charge is 0.352 e. The van der Waals surface area contributed by atoms with Gasteiger partial charge in [0, 0.05) is 29.4 Å². The van der Waals surface area contributed by atoms with Crippen LogP contribution in [0.15, 0.2) is 59.1 Å². The van der Waals surface area contributed by atoms with Crippen LogP contribution in [0.5, 0.6) is 0 Å². The molecule has 0 aliphatic heterocycles. The molecule has 0 unspecified atom stereocenters. The number of halogens is 1. The van der Waals surface area contributed by atoms with Gasteiger partial charge in [0.2, 0.25) is 11.0 Å². The molecule has 0 aliphatic rings. The lowest BCUT2D eigenvalue weighted by Gasteiger charge is -2.05. The van der Waals surface area contributed by atoms with E-state index in [4.69, 9.17) is 0 Å². The first-order valence-corrected chi connectivity index (χ1v) is 13.1. The van der Waals surface area contributed by atoms with Crippen LogP contribution >= 0.6 is 27.3 Å². The molecule has 2 N–H and O–H groups in total. The summed E-state index contributed by atoms with van der Waals surface area (Å²) in [5.74, 6) is -0.982. The standard InChI is InChI=1S/C21H21BrN4O4S2/c22-17-8-4-7-16(13-17)20(28)23-11-9-19-25-26-21(31-19)24-18(27)10-12-32(29,30)14-15-5-2-1-3-6-15/h1-8,13H,9-12,14H2,(H,23,28)(H,24,26,27). The van der Waals surface area contributed by atoms with Gasteiger partial charge in [-0.2, -0.15) is 0 Å². The summed E-state index contributed by atoms with van der Waals surface area (Å²) in [4.78, 5) is 24.2. The van der Waals surface area contributed by atoms with Crippen molar-refractivity contribution in [1.29, 1.82) is 0 Å². The fourth-order valence-electron chi connectivity index (χ4n) is 2.75. The van der Waals surface area contributed by atoms with Crippen molar-refractivity contribution in [3.8, 4) is 0 Å². The quantitative estimate of drug-likeness (QED) is 0.410. The molecule has 1 aromatic heterocycles. The van der Waals surface area contributed by atoms with Crippen molar-refractivity contribution < 1.29 is 18.0 Å². The maximum atomic E-state index is 12.2. The van der Waals surface area contributed by atoms with Gasteiger partial charge >= 0.3 is 0 Å². The van der Waals surface area contributed by atoms with Crippen molar-refractivity contribution in [2.45, 2.75) is 18.6 Å². The Morgan fingerprint density at radius 1 is 1.03 bits per heavy atom. The zero-order chi connectivity index (χ0) is 23.0. The first-order valence-electron chi connectivity index (χ1n) is 9.71. The van der Waals surface area contributed by atoms with E-state index in [1.807, 2.05) is 12.1 Å². The molecular formula is C21H21BrN4O4S2. The van der Waals surface area contributed by atoms with E-state index in [-0.39, 0.29) is 23.8 Å². The number of amides is 2. The Labute approximate surface area is 198 Å². The van der Waals surface area contributed by atoms with E-state index in [1.54, 1.807) is 42.5 Å². The molecule has 0 saturated heterocycles. The molecule has 8 nitrogen and oxygen atoms in total. The van der Waals surface area contributed by atoms with Gasteiger partial charge in [-0.25, -0.2) is 8.42 Å². The predicted octanol–water partition coefficient (Wildman–Crippen LogP) is 3.22. The molecule has 11 heteroatoms. The number of anilines is 1. The average molecular weight is 537 g/mol. The molecule has 0 aliphatic carbocycles. The first kappa shape index (κ1) is 24.0. The van der Waals surface area contributed by atoms with Crippen LogP contribution in [0.3, 0.4) is 0 Å². The second-order valence-electron chi connectivity index (χ2n) is 6.89. The maximum Gasteiger partial charge on any atom is 0.251 e. The third kappa shape index (κ3) is 7.81. The highest BCUT2D eigenvalue weighted by Gasteiger charge is 2.16. The van der Waals surface area contributed by atoms with Crippen LogP contribution in [0.1, 0.15) is 27.3 Å². The lowest BCUT2D eigenvalue weighted by atomic mass is 10.2. The number of nitrogens with one attached hydrogen (secondary N) is 2. The molecule has 0 bridgehead atoms. The van der Waals surface area contributed by atoms with Crippen LogP contribution in [0.4, 0.5) is 5.13 Å². The SMILES string of the molecule is O=C(CCS(=O)(=O)Cc1ccccc1)Nc1nnc(CCNC(=O)c2cccc(Br)c2)s1. The minimum Gasteiger partial charge on any atom is -0.352 e. The van der Waals surface area contributed by atoms with Gasteiger partial charge in [-0.15, -0.1) is 10.2 Å². The minimum atomic E-state index is -3.40. The zero-order valence-electron chi connectivity index (χ0n) is 17.0. The third-order valence-corrected chi connectivity index (χ3v) is 7.28. The molecule has 2 amide bonds. The van der Waals surface area contributed by atoms with Gasteiger partial charge in [0.15, 0.2) is 9.84 Å². The summed E-state index contributed by atoms with van der Waals surface area (Å²) in [5.41, 5.74) is 1.24. The summed E-state index contributed by atoms with van der Waals surface area (Å²) in [7, 11) is -3.40. The molecule has 32 heavy (non-hydrogen) atoms. The highest BCUT2D eigenvalue weighted by atomic mass is 79.9. The number of carbonyl (C=O) groups is 2. The van der Waals surface area contributed by atoms with Crippen molar-refractivity contribution in [1.82, 2.24) is 15.5 Å². The average Bonchev–Trinajstić information content (AvgIpc) is 3.20. The molecule has 0 saturated carbocycles. The second-order valence-corrected chi connectivity index (χ2v) is 11.1. The summed E-state index contributed by atoms with van der Waals surface area (Å²) in [5, 5.41) is 14.2. The van der Waals surface area contributed by atoms with E-state index in [0.717, 1.165) is 4.47 Å². The van der Waals surface area contributed by atoms with E-state index in [9.17, 15) is 18.0 Å². The molecular weight excluding hydrogens is 516 g/mol. The smallest absolute Gasteiger partial charge is 0.251 e. The Kier molecular flexibility index (Phi) is 8.48. The van der Waals surface area contributed by atoms with Crippen LogP contribution in [0, 0.1) is 0 Å². The molecule has 0 radical (unpaired) electrons. The van der Waals surface area contributed by atoms with Crippen molar-refractivity contribution in [2.24, 2.45) is 0 Å². The lowest BCUT2D eigenvalue weighted by Crippen LogP contribution is -2.25. The van der Waals surface area contributed by atoms with Crippen LogP contribution in [0.2, 0.25) is 0 Å². The highest BCUT2D eigenvalue weighted by molar-refractivity contribution is 9.10. The van der Waals surface area contributed by atoms with E-state index >= 15 is 0 Å². The first-order chi connectivity index (χ1) is 15.3. The van der Waals surface area contributed by atoms with E-state index in [1.165, 1.54) is 11.3 Å². The predicted molar refractivity (Wildman–Crippen MR) is 127 cm³/mol. The van der Waals surface area contributed by atoms with Crippen molar-refractivity contribution in [3.05, 3.63) is 75.2 Å². The number of hydrogen-bond donors (Lipinski definition) is 2. The van der Waals surface area contributed by atoms with Gasteiger partial charge < -0.3 is 10.6 Å². The molecule has 3 rings (SSSR count). The van der Waals surface area contributed by atoms with Crippen LogP contribution in [-0.4, -0.2) is 42.7 Å². The Hall–Kier alpha value is -2.63. The summed E-state index contributed by atoms with van der Waals surface area (Å²) >= 11 is 4.51. The van der Waals surface area contributed by atoms with Crippen molar-refractivity contribution in [2.75, 3.05) is 17.6 Å². The van der Waals surface area contributed by atoms with E-state index < -0.39 is 15.7 Å². The molecule has 1 heterocycles. The van der Waals surface area contributed by atoms with Crippen LogP contribution in [0.25, 0.3) is 0 Å². The Balaban J connectivity index is 1.41. The number of aromatic nitrogens is 2. The number of rotatable bonds is 10. The van der Waals surface area contributed by atoms with E-state index in [0.29, 0.717) is 34.2 Å². The fraction of sp³-hybridized carbons (Fsp3) is 0.238. The molecule has 168 valence electrons. The summed E-state index contributed by atoms with van der Waals surface area (Å²) in [6.07, 6.45) is 0.297. The van der Waals surface area contributed by atoms with Crippen molar-refractivity contribution >= 4 is 54.0 Å². The molecule has 0 fully saturated rings. The van der Waals surface area contributed by atoms with Gasteiger partial charge in [0.1, 0.15) is 5.01 Å². The number of carbonyl (C=O) groups excluding carboxylic acids is 2. The number of nitrogens with zero attached hydrogens (tertiary/aromatic N) is 2. The monoisotopic (exact) mass is 536 g/mol. The third-order valence-electron chi connectivity index (χ3n) is 4.29. The summed E-state index contributed by atoms with van der Waals surface area (Å²) < 4.78 is 25.2. The normalized spacial score (nSPS) is 11.2. The summed E-state index contributed by atoms with van der Waals surface area (Å²) in [6, 6.07) is 15.9. The van der Waals surface area contributed by atoms with Gasteiger partial charge in [0.05, 0.1) is 11.5 Å². The van der Waals surface area contributed by atoms with Gasteiger partial charge in [-0.1, -0.05) is 63.7 Å². The van der Waals surface area contributed by atoms with Gasteiger partial charge in [0.25, 0.3) is 5.91 Å². The molecule has 3 aromatic rings. The van der Waals surface area contributed by atoms with Crippen LogP contribution < -0.4 is 10.6 Å². The molecule has 2 aromatic carbocycles. The van der Waals surface area contributed by atoms with Crippen molar-refractivity contribution in [3.63, 3.8) is 0 Å². The second kappa shape index (κ2) is 11.3. The maximum absolute atomic E-state index is 12.2. The van der Waals surface area contributed by atoms with Crippen LogP contribution in [-0.2, 0) is 26.8 Å². The highest BCUT2D eigenvalue weighted by Crippen LogP contribution is 2.16. The number of benzene rings is 2. The summed E-state index contributed by atoms with van der Waals surface area (Å²) in [6.45, 7) is 0.367. The Bertz CT molecular complexity index is 1180. The van der Waals surface area contributed by atoms with E-state index in [2.05, 4.69) is 36.8 Å². The molecule has 0 spiro atoms. The fourth-order valence-corrected chi connectivity index (χ4v) is 5.25. The molecule has 0 atom stereocenters. The van der Waals surface area contributed by atoms with Gasteiger partial charge in [-0.3, -0.25) is 9.59 Å². The zero-order valence-corrected chi connectivity index (χ0v) is 20.2. The minimum absolute atomic E-state index is 0.101. The Morgan fingerprint density at radius 3 is 2.56 bits per heavy atom. The number of sulfone groups is 1. The topological polar surface area (TPSA) is 118 Å². The van der Waals surface area contributed by atoms with Gasteiger partial charge in [-0.05, 0) is 23.8 Å².